The number of H-pyrrole nitrogens is 1. The van der Waals surface area contributed by atoms with Gasteiger partial charge in [-0.25, -0.2) is 9.48 Å². The second-order valence-corrected chi connectivity index (χ2v) is 8.26. The van der Waals surface area contributed by atoms with E-state index in [4.69, 9.17) is 4.74 Å². The summed E-state index contributed by atoms with van der Waals surface area (Å²) in [5.41, 5.74) is 0.629. The van der Waals surface area contributed by atoms with Crippen molar-refractivity contribution in [1.82, 2.24) is 24.5 Å². The molecule has 3 aromatic rings. The normalized spacial score (nSPS) is 14.2. The summed E-state index contributed by atoms with van der Waals surface area (Å²) in [6.07, 6.45) is 10.8. The molecule has 1 aromatic carbocycles. The van der Waals surface area contributed by atoms with E-state index in [0.29, 0.717) is 25.6 Å². The van der Waals surface area contributed by atoms with Crippen molar-refractivity contribution in [2.75, 3.05) is 0 Å². The lowest BCUT2D eigenvalue weighted by atomic mass is 10.1. The van der Waals surface area contributed by atoms with Crippen LogP contribution in [0.4, 0.5) is 4.39 Å². The van der Waals surface area contributed by atoms with Gasteiger partial charge in [-0.3, -0.25) is 14.3 Å². The zero-order valence-corrected chi connectivity index (χ0v) is 18.0. The zero-order valence-electron chi connectivity index (χ0n) is 18.0. The first-order valence-electron chi connectivity index (χ1n) is 11.2. The van der Waals surface area contributed by atoms with Crippen molar-refractivity contribution in [3.8, 4) is 5.75 Å². The third kappa shape index (κ3) is 5.72. The summed E-state index contributed by atoms with van der Waals surface area (Å²) in [6.45, 7) is 1.05. The maximum Gasteiger partial charge on any atom is 0.328 e. The lowest BCUT2D eigenvalue weighted by molar-refractivity contribution is 0.210. The second-order valence-electron chi connectivity index (χ2n) is 8.26. The molecule has 0 saturated heterocycles. The predicted molar refractivity (Wildman–Crippen MR) is 117 cm³/mol. The summed E-state index contributed by atoms with van der Waals surface area (Å²) < 4.78 is 22.5. The molecule has 0 spiro atoms. The van der Waals surface area contributed by atoms with E-state index in [1.807, 2.05) is 21.8 Å². The summed E-state index contributed by atoms with van der Waals surface area (Å²) in [7, 11) is 0. The van der Waals surface area contributed by atoms with Gasteiger partial charge in [0.1, 0.15) is 5.75 Å². The Hall–Kier alpha value is -3.23. The minimum absolute atomic E-state index is 0.335. The highest BCUT2D eigenvalue weighted by atomic mass is 19.1. The fourth-order valence-electron chi connectivity index (χ4n) is 4.11. The van der Waals surface area contributed by atoms with Crippen LogP contribution in [0.2, 0.25) is 0 Å². The monoisotopic (exact) mass is 441 g/mol. The first kappa shape index (κ1) is 22.0. The van der Waals surface area contributed by atoms with Gasteiger partial charge in [0, 0.05) is 13.1 Å². The average Bonchev–Trinajstić information content (AvgIpc) is 3.45. The summed E-state index contributed by atoms with van der Waals surface area (Å²) >= 11 is 0. The van der Waals surface area contributed by atoms with Gasteiger partial charge in [-0.1, -0.05) is 17.3 Å². The first-order chi connectivity index (χ1) is 15.6. The van der Waals surface area contributed by atoms with Crippen LogP contribution in [0.1, 0.15) is 49.8 Å². The number of halogens is 1. The van der Waals surface area contributed by atoms with Crippen LogP contribution in [0, 0.1) is 5.82 Å². The first-order valence-corrected chi connectivity index (χ1v) is 11.2. The van der Waals surface area contributed by atoms with Crippen LogP contribution in [-0.4, -0.2) is 30.6 Å². The van der Waals surface area contributed by atoms with Gasteiger partial charge in [0.05, 0.1) is 24.2 Å². The molecule has 0 aliphatic heterocycles. The van der Waals surface area contributed by atoms with E-state index < -0.39 is 17.1 Å². The number of hydrogen-bond acceptors (Lipinski definition) is 5. The van der Waals surface area contributed by atoms with Crippen LogP contribution in [0.25, 0.3) is 0 Å². The van der Waals surface area contributed by atoms with Crippen LogP contribution >= 0.6 is 0 Å². The number of nitrogens with one attached hydrogen (secondary N) is 1. The highest BCUT2D eigenvalue weighted by Crippen LogP contribution is 2.24. The van der Waals surface area contributed by atoms with Crippen molar-refractivity contribution < 1.29 is 9.13 Å². The second kappa shape index (κ2) is 10.4. The molecule has 170 valence electrons. The van der Waals surface area contributed by atoms with Gasteiger partial charge in [0.15, 0.2) is 0 Å². The van der Waals surface area contributed by atoms with Crippen molar-refractivity contribution in [3.05, 3.63) is 74.6 Å². The number of aromatic amines is 1. The molecular formula is C23H28FN5O3. The van der Waals surface area contributed by atoms with Crippen LogP contribution in [0.5, 0.6) is 5.75 Å². The lowest BCUT2D eigenvalue weighted by Gasteiger charge is -2.14. The standard InChI is InChI=1S/C23H28FN5O3/c24-21-16-28(23(31)26-22(21)30)12-4-3-7-18-15-25-27-29(18)13-11-17-6-5-10-20(14-17)32-19-8-1-2-9-19/h5-6,10,14-16,19H,1-4,7-9,11-13H2,(H,26,30,31). The molecule has 1 saturated carbocycles. The number of aromatic nitrogens is 5. The Balaban J connectivity index is 1.26. The molecule has 2 heterocycles. The minimum Gasteiger partial charge on any atom is -0.490 e. The molecule has 0 amide bonds. The quantitative estimate of drug-likeness (QED) is 0.488. The maximum absolute atomic E-state index is 13.4. The van der Waals surface area contributed by atoms with Gasteiger partial charge in [-0.15, -0.1) is 5.10 Å². The van der Waals surface area contributed by atoms with E-state index >= 15 is 0 Å². The number of ether oxygens (including phenoxy) is 1. The maximum atomic E-state index is 13.4. The number of aryl methyl sites for hydroxylation is 4. The Kier molecular flexibility index (Phi) is 7.14. The van der Waals surface area contributed by atoms with Gasteiger partial charge < -0.3 is 4.74 Å². The van der Waals surface area contributed by atoms with Crippen molar-refractivity contribution >= 4 is 0 Å². The topological polar surface area (TPSA) is 94.8 Å². The Morgan fingerprint density at radius 2 is 1.97 bits per heavy atom. The van der Waals surface area contributed by atoms with Gasteiger partial charge in [-0.2, -0.15) is 4.39 Å². The summed E-state index contributed by atoms with van der Waals surface area (Å²) in [5, 5.41) is 8.24. The van der Waals surface area contributed by atoms with Crippen LogP contribution in [0.3, 0.4) is 0 Å². The molecule has 0 atom stereocenters. The average molecular weight is 442 g/mol. The van der Waals surface area contributed by atoms with Crippen molar-refractivity contribution in [1.29, 1.82) is 0 Å². The molecule has 32 heavy (non-hydrogen) atoms. The lowest BCUT2D eigenvalue weighted by Crippen LogP contribution is -2.31. The molecule has 0 bridgehead atoms. The smallest absolute Gasteiger partial charge is 0.328 e. The third-order valence-corrected chi connectivity index (χ3v) is 5.86. The Bertz CT molecular complexity index is 1150. The van der Waals surface area contributed by atoms with E-state index in [0.717, 1.165) is 49.7 Å². The van der Waals surface area contributed by atoms with Crippen molar-refractivity contribution in [2.24, 2.45) is 0 Å². The fraction of sp³-hybridized carbons (Fsp3) is 0.478. The SMILES string of the molecule is O=c1[nH]c(=O)n(CCCCc2cnnn2CCc2cccc(OC3CCCC3)c2)cc1F. The van der Waals surface area contributed by atoms with E-state index in [2.05, 4.69) is 22.4 Å². The van der Waals surface area contributed by atoms with Gasteiger partial charge in [0.25, 0.3) is 5.56 Å². The summed E-state index contributed by atoms with van der Waals surface area (Å²) in [4.78, 5) is 24.8. The summed E-state index contributed by atoms with van der Waals surface area (Å²) in [5.74, 6) is -0.0215. The number of rotatable bonds is 10. The minimum atomic E-state index is -0.989. The predicted octanol–water partition coefficient (Wildman–Crippen LogP) is 2.85. The van der Waals surface area contributed by atoms with E-state index in [-0.39, 0.29) is 0 Å². The van der Waals surface area contributed by atoms with Crippen LogP contribution in [0.15, 0.2) is 46.2 Å². The molecule has 1 N–H and O–H groups in total. The molecule has 8 nitrogen and oxygen atoms in total. The largest absolute Gasteiger partial charge is 0.490 e. The Morgan fingerprint density at radius 3 is 2.81 bits per heavy atom. The molecule has 4 rings (SSSR count). The highest BCUT2D eigenvalue weighted by Gasteiger charge is 2.16. The molecular weight excluding hydrogens is 413 g/mol. The van der Waals surface area contributed by atoms with E-state index in [1.54, 1.807) is 6.20 Å². The third-order valence-electron chi connectivity index (χ3n) is 5.86. The van der Waals surface area contributed by atoms with E-state index in [1.165, 1.54) is 23.0 Å². The molecule has 9 heteroatoms. The molecule has 1 aliphatic rings. The van der Waals surface area contributed by atoms with E-state index in [9.17, 15) is 14.0 Å². The molecule has 0 unspecified atom stereocenters. The van der Waals surface area contributed by atoms with Crippen molar-refractivity contribution in [3.63, 3.8) is 0 Å². The highest BCUT2D eigenvalue weighted by molar-refractivity contribution is 5.29. The number of unbranched alkanes of at least 4 members (excludes halogenated alkanes) is 1. The number of nitrogens with zero attached hydrogens (tertiary/aromatic N) is 4. The number of hydrogen-bond donors (Lipinski definition) is 1. The number of benzene rings is 1. The fourth-order valence-corrected chi connectivity index (χ4v) is 4.11. The molecule has 1 fully saturated rings. The van der Waals surface area contributed by atoms with Gasteiger partial charge in [0.2, 0.25) is 5.82 Å². The molecule has 1 aliphatic carbocycles. The molecule has 2 aromatic heterocycles. The van der Waals surface area contributed by atoms with Gasteiger partial charge in [-0.05, 0) is 69.1 Å². The molecule has 0 radical (unpaired) electrons. The van der Waals surface area contributed by atoms with Crippen molar-refractivity contribution in [2.45, 2.75) is 70.6 Å². The van der Waals surface area contributed by atoms with Crippen LogP contribution in [-0.2, 0) is 25.9 Å². The summed E-state index contributed by atoms with van der Waals surface area (Å²) in [6, 6.07) is 8.25. The zero-order chi connectivity index (χ0) is 22.3. The van der Waals surface area contributed by atoms with Gasteiger partial charge >= 0.3 is 5.69 Å². The van der Waals surface area contributed by atoms with Crippen LogP contribution < -0.4 is 16.0 Å². The Labute approximate surface area is 185 Å². The Morgan fingerprint density at radius 1 is 1.12 bits per heavy atom.